The smallest absolute Gasteiger partial charge is 0.228 e. The van der Waals surface area contributed by atoms with Crippen molar-refractivity contribution in [2.45, 2.75) is 58.5 Å². The molecule has 2 heterocycles. The Hall–Kier alpha value is -1.85. The summed E-state index contributed by atoms with van der Waals surface area (Å²) in [6, 6.07) is 0.146. The van der Waals surface area contributed by atoms with Crippen molar-refractivity contribution in [3.8, 4) is 0 Å². The van der Waals surface area contributed by atoms with E-state index in [1.165, 1.54) is 5.56 Å². The number of likely N-dealkylation sites (tertiary alicyclic amines) is 1. The minimum absolute atomic E-state index is 0.0223. The highest BCUT2D eigenvalue weighted by molar-refractivity contribution is 5.89. The Kier molecular flexibility index (Phi) is 4.41. The lowest BCUT2D eigenvalue weighted by Crippen LogP contribution is -2.36. The first kappa shape index (κ1) is 16.0. The summed E-state index contributed by atoms with van der Waals surface area (Å²) in [6.07, 6.45) is 4.54. The molecular weight excluding hydrogens is 294 g/mol. The van der Waals surface area contributed by atoms with Gasteiger partial charge < -0.3 is 14.3 Å². The minimum Gasteiger partial charge on any atom is -0.361 e. The van der Waals surface area contributed by atoms with E-state index >= 15 is 0 Å². The van der Waals surface area contributed by atoms with Crippen molar-refractivity contribution in [1.29, 1.82) is 0 Å². The number of nitrogens with zero attached hydrogens (tertiary/aromatic N) is 3. The maximum absolute atomic E-state index is 12.6. The zero-order valence-electron chi connectivity index (χ0n) is 14.2. The molecule has 23 heavy (non-hydrogen) atoms. The van der Waals surface area contributed by atoms with Crippen molar-refractivity contribution >= 4 is 11.8 Å². The molecule has 1 atom stereocenters. The van der Waals surface area contributed by atoms with Gasteiger partial charge in [0, 0.05) is 38.0 Å². The van der Waals surface area contributed by atoms with Gasteiger partial charge >= 0.3 is 0 Å². The van der Waals surface area contributed by atoms with Gasteiger partial charge in [-0.3, -0.25) is 9.59 Å². The van der Waals surface area contributed by atoms with E-state index in [0.29, 0.717) is 19.5 Å². The molecule has 2 amide bonds. The summed E-state index contributed by atoms with van der Waals surface area (Å²) >= 11 is 0. The highest BCUT2D eigenvalue weighted by Gasteiger charge is 2.37. The molecule has 126 valence electrons. The molecule has 0 bridgehead atoms. The lowest BCUT2D eigenvalue weighted by atomic mass is 9.96. The molecule has 0 spiro atoms. The number of amides is 2. The van der Waals surface area contributed by atoms with Crippen LogP contribution in [0.5, 0.6) is 0 Å². The Morgan fingerprint density at radius 2 is 2.13 bits per heavy atom. The van der Waals surface area contributed by atoms with Gasteiger partial charge in [0.25, 0.3) is 0 Å². The van der Waals surface area contributed by atoms with Crippen LogP contribution in [-0.4, -0.2) is 46.4 Å². The predicted molar refractivity (Wildman–Crippen MR) is 84.6 cm³/mol. The average Bonchev–Trinajstić information content (AvgIpc) is 3.11. The fraction of sp³-hybridized carbons (Fsp3) is 0.706. The van der Waals surface area contributed by atoms with E-state index in [9.17, 15) is 9.59 Å². The summed E-state index contributed by atoms with van der Waals surface area (Å²) in [7, 11) is 1.79. The van der Waals surface area contributed by atoms with Crippen LogP contribution in [0.1, 0.15) is 50.1 Å². The highest BCUT2D eigenvalue weighted by Crippen LogP contribution is 2.26. The lowest BCUT2D eigenvalue weighted by molar-refractivity contribution is -0.135. The first-order chi connectivity index (χ1) is 11.0. The second-order valence-corrected chi connectivity index (χ2v) is 6.97. The van der Waals surface area contributed by atoms with Crippen molar-refractivity contribution in [2.75, 3.05) is 13.6 Å². The number of fused-ring (bicyclic) bond motifs is 1. The zero-order chi connectivity index (χ0) is 16.6. The molecule has 1 aliphatic heterocycles. The molecule has 0 aromatic carbocycles. The van der Waals surface area contributed by atoms with E-state index in [1.54, 1.807) is 16.8 Å². The van der Waals surface area contributed by atoms with E-state index in [-0.39, 0.29) is 23.8 Å². The van der Waals surface area contributed by atoms with E-state index in [0.717, 1.165) is 37.1 Å². The fourth-order valence-corrected chi connectivity index (χ4v) is 3.58. The van der Waals surface area contributed by atoms with Gasteiger partial charge in [-0.2, -0.15) is 0 Å². The number of aryl methyl sites for hydroxylation is 1. The second-order valence-electron chi connectivity index (χ2n) is 6.97. The van der Waals surface area contributed by atoms with Crippen molar-refractivity contribution < 1.29 is 14.1 Å². The zero-order valence-corrected chi connectivity index (χ0v) is 14.2. The molecule has 1 saturated heterocycles. The molecule has 3 rings (SSSR count). The number of hydrogen-bond donors (Lipinski definition) is 0. The van der Waals surface area contributed by atoms with Crippen LogP contribution in [0, 0.1) is 5.92 Å². The second kappa shape index (κ2) is 6.34. The summed E-state index contributed by atoms with van der Waals surface area (Å²) < 4.78 is 5.41. The number of carbonyl (C=O) groups excluding carboxylic acids is 2. The minimum atomic E-state index is -0.238. The van der Waals surface area contributed by atoms with Crippen LogP contribution < -0.4 is 0 Å². The van der Waals surface area contributed by atoms with Crippen molar-refractivity contribution in [2.24, 2.45) is 5.92 Å². The summed E-state index contributed by atoms with van der Waals surface area (Å²) in [4.78, 5) is 28.1. The van der Waals surface area contributed by atoms with Crippen LogP contribution in [0.25, 0.3) is 0 Å². The molecule has 1 fully saturated rings. The summed E-state index contributed by atoms with van der Waals surface area (Å²) in [6.45, 7) is 4.95. The molecule has 1 aliphatic carbocycles. The van der Waals surface area contributed by atoms with Crippen LogP contribution in [-0.2, 0) is 29.0 Å². The molecule has 6 heteroatoms. The molecule has 0 unspecified atom stereocenters. The number of aromatic nitrogens is 1. The number of hydrogen-bond acceptors (Lipinski definition) is 4. The van der Waals surface area contributed by atoms with Gasteiger partial charge in [0.15, 0.2) is 0 Å². The van der Waals surface area contributed by atoms with E-state index in [2.05, 4.69) is 5.16 Å². The normalized spacial score (nSPS) is 21.0. The summed E-state index contributed by atoms with van der Waals surface area (Å²) in [5.74, 6) is 0.839. The van der Waals surface area contributed by atoms with E-state index in [4.69, 9.17) is 4.52 Å². The molecule has 6 nitrogen and oxygen atoms in total. The molecular formula is C17H25N3O3. The Balaban J connectivity index is 1.64. The van der Waals surface area contributed by atoms with Gasteiger partial charge in [-0.05, 0) is 33.1 Å². The van der Waals surface area contributed by atoms with Gasteiger partial charge in [0.2, 0.25) is 11.8 Å². The first-order valence-electron chi connectivity index (χ1n) is 8.48. The third-order valence-corrected chi connectivity index (χ3v) is 4.93. The Morgan fingerprint density at radius 1 is 1.39 bits per heavy atom. The molecule has 1 aromatic rings. The quantitative estimate of drug-likeness (QED) is 0.848. The first-order valence-corrected chi connectivity index (χ1v) is 8.48. The Bertz CT molecular complexity index is 608. The number of carbonyl (C=O) groups is 2. The van der Waals surface area contributed by atoms with E-state index < -0.39 is 0 Å². The Morgan fingerprint density at radius 3 is 2.83 bits per heavy atom. The van der Waals surface area contributed by atoms with Crippen molar-refractivity contribution in [3.05, 3.63) is 17.0 Å². The SMILES string of the molecule is CC(C)N1C[C@H](C(=O)N(C)Cc2noc3c2CCCC3)CC1=O. The molecule has 0 radical (unpaired) electrons. The standard InChI is InChI=1S/C17H25N3O3/c1-11(2)20-9-12(8-16(20)21)17(22)19(3)10-14-13-6-4-5-7-15(13)23-18-14/h11-12H,4-10H2,1-3H3/t12-/m1/s1. The molecule has 2 aliphatic rings. The molecule has 0 N–H and O–H groups in total. The topological polar surface area (TPSA) is 66.7 Å². The Labute approximate surface area is 136 Å². The predicted octanol–water partition coefficient (Wildman–Crippen LogP) is 1.77. The van der Waals surface area contributed by atoms with Gasteiger partial charge in [0.05, 0.1) is 12.5 Å². The average molecular weight is 319 g/mol. The number of rotatable bonds is 4. The highest BCUT2D eigenvalue weighted by atomic mass is 16.5. The van der Waals surface area contributed by atoms with Gasteiger partial charge in [-0.15, -0.1) is 0 Å². The lowest BCUT2D eigenvalue weighted by Gasteiger charge is -2.23. The van der Waals surface area contributed by atoms with Gasteiger partial charge in [0.1, 0.15) is 11.5 Å². The van der Waals surface area contributed by atoms with Crippen LogP contribution >= 0.6 is 0 Å². The fourth-order valence-electron chi connectivity index (χ4n) is 3.58. The maximum atomic E-state index is 12.6. The van der Waals surface area contributed by atoms with Crippen molar-refractivity contribution in [1.82, 2.24) is 15.0 Å². The maximum Gasteiger partial charge on any atom is 0.228 e. The van der Waals surface area contributed by atoms with Crippen LogP contribution in [0.2, 0.25) is 0 Å². The van der Waals surface area contributed by atoms with Crippen molar-refractivity contribution in [3.63, 3.8) is 0 Å². The third-order valence-electron chi connectivity index (χ3n) is 4.93. The van der Waals surface area contributed by atoms with Crippen LogP contribution in [0.4, 0.5) is 0 Å². The summed E-state index contributed by atoms with van der Waals surface area (Å²) in [5.41, 5.74) is 2.06. The van der Waals surface area contributed by atoms with Crippen LogP contribution in [0.15, 0.2) is 4.52 Å². The molecule has 0 saturated carbocycles. The van der Waals surface area contributed by atoms with Gasteiger partial charge in [-0.1, -0.05) is 5.16 Å². The summed E-state index contributed by atoms with van der Waals surface area (Å²) in [5, 5.41) is 4.16. The van der Waals surface area contributed by atoms with E-state index in [1.807, 2.05) is 13.8 Å². The monoisotopic (exact) mass is 319 g/mol. The van der Waals surface area contributed by atoms with Gasteiger partial charge in [-0.25, -0.2) is 0 Å². The largest absolute Gasteiger partial charge is 0.361 e. The third kappa shape index (κ3) is 3.12. The molecule has 1 aromatic heterocycles. The van der Waals surface area contributed by atoms with Crippen LogP contribution in [0.3, 0.4) is 0 Å².